The molecule has 0 spiro atoms. The van der Waals surface area contributed by atoms with Crippen molar-refractivity contribution in [2.75, 3.05) is 0 Å². The molecular weight excluding hydrogens is 349 g/mol. The number of esters is 1. The highest BCUT2D eigenvalue weighted by molar-refractivity contribution is 8.26. The molecule has 1 N–H and O–H groups in total. The van der Waals surface area contributed by atoms with Crippen LogP contribution in [0.5, 0.6) is 5.75 Å². The van der Waals surface area contributed by atoms with E-state index in [2.05, 4.69) is 5.32 Å². The van der Waals surface area contributed by atoms with Crippen molar-refractivity contribution in [3.63, 3.8) is 0 Å². The van der Waals surface area contributed by atoms with Crippen LogP contribution in [-0.4, -0.2) is 16.2 Å². The lowest BCUT2D eigenvalue weighted by molar-refractivity contribution is -0.115. The maximum Gasteiger partial charge on any atom is 0.346 e. The Morgan fingerprint density at radius 2 is 1.88 bits per heavy atom. The summed E-state index contributed by atoms with van der Waals surface area (Å²) in [6, 6.07) is 12.1. The third kappa shape index (κ3) is 3.69. The van der Waals surface area contributed by atoms with E-state index in [-0.39, 0.29) is 17.2 Å². The summed E-state index contributed by atoms with van der Waals surface area (Å²) in [6.07, 6.45) is 1.68. The first-order valence-corrected chi connectivity index (χ1v) is 8.07. The molecule has 1 amide bonds. The Morgan fingerprint density at radius 1 is 1.17 bits per heavy atom. The second-order valence-electron chi connectivity index (χ2n) is 4.79. The molecule has 1 aliphatic heterocycles. The monoisotopic (exact) mass is 359 g/mol. The average Bonchev–Trinajstić information content (AvgIpc) is 2.87. The minimum absolute atomic E-state index is 0.128. The van der Waals surface area contributed by atoms with Gasteiger partial charge < -0.3 is 10.1 Å². The summed E-state index contributed by atoms with van der Waals surface area (Å²) in [5.41, 5.74) is 0.624. The average molecular weight is 359 g/mol. The Bertz CT molecular complexity index is 862. The van der Waals surface area contributed by atoms with Crippen molar-refractivity contribution in [3.05, 3.63) is 70.4 Å². The molecule has 0 bridgehead atoms. The Labute approximate surface area is 146 Å². The molecule has 0 atom stereocenters. The molecule has 0 aromatic heterocycles. The van der Waals surface area contributed by atoms with Gasteiger partial charge in [-0.2, -0.15) is 0 Å². The van der Waals surface area contributed by atoms with Crippen molar-refractivity contribution in [2.45, 2.75) is 0 Å². The Balaban J connectivity index is 1.72. The highest BCUT2D eigenvalue weighted by Gasteiger charge is 2.21. The van der Waals surface area contributed by atoms with E-state index in [4.69, 9.17) is 17.0 Å². The highest BCUT2D eigenvalue weighted by Crippen LogP contribution is 2.26. The van der Waals surface area contributed by atoms with Crippen LogP contribution in [0.3, 0.4) is 0 Å². The van der Waals surface area contributed by atoms with E-state index in [1.54, 1.807) is 36.4 Å². The summed E-state index contributed by atoms with van der Waals surface area (Å²) in [5.74, 6) is -1.36. The molecule has 3 rings (SSSR count). The number of carbonyl (C=O) groups is 2. The number of hydrogen-bond donors (Lipinski definition) is 1. The van der Waals surface area contributed by atoms with Crippen molar-refractivity contribution < 1.29 is 18.7 Å². The third-order valence-corrected chi connectivity index (χ3v) is 4.29. The summed E-state index contributed by atoms with van der Waals surface area (Å²) in [7, 11) is 0. The molecule has 4 nitrogen and oxygen atoms in total. The number of nitrogens with one attached hydrogen (secondary N) is 1. The van der Waals surface area contributed by atoms with Crippen LogP contribution in [0.1, 0.15) is 15.9 Å². The first-order valence-electron chi connectivity index (χ1n) is 6.84. The predicted molar refractivity (Wildman–Crippen MR) is 94.1 cm³/mol. The van der Waals surface area contributed by atoms with Crippen molar-refractivity contribution >= 4 is 46.3 Å². The van der Waals surface area contributed by atoms with Gasteiger partial charge in [0.2, 0.25) is 0 Å². The zero-order valence-corrected chi connectivity index (χ0v) is 13.7. The number of amides is 1. The third-order valence-electron chi connectivity index (χ3n) is 3.12. The number of carbonyl (C=O) groups excluding carboxylic acids is 2. The van der Waals surface area contributed by atoms with Crippen LogP contribution < -0.4 is 10.1 Å². The van der Waals surface area contributed by atoms with E-state index in [1.807, 2.05) is 0 Å². The molecular formula is C17H10FNO3S2. The number of hydrogen-bond acceptors (Lipinski definition) is 5. The topological polar surface area (TPSA) is 55.4 Å². The lowest BCUT2D eigenvalue weighted by Gasteiger charge is -2.05. The Kier molecular flexibility index (Phi) is 4.73. The number of ether oxygens (including phenoxy) is 1. The standard InChI is InChI=1S/C17H10FNO3S2/c18-13-4-2-1-3-12(13)16(21)22-11-7-5-10(6-8-11)9-14-15(20)19-17(23)24-14/h1-9H,(H,19,20,23)/b14-9-. The highest BCUT2D eigenvalue weighted by atomic mass is 32.2. The number of halogens is 1. The van der Waals surface area contributed by atoms with E-state index < -0.39 is 11.8 Å². The fourth-order valence-electron chi connectivity index (χ4n) is 1.99. The van der Waals surface area contributed by atoms with Crippen molar-refractivity contribution in [1.29, 1.82) is 0 Å². The van der Waals surface area contributed by atoms with Gasteiger partial charge in [0.05, 0.1) is 10.5 Å². The molecule has 0 aliphatic carbocycles. The van der Waals surface area contributed by atoms with E-state index >= 15 is 0 Å². The summed E-state index contributed by atoms with van der Waals surface area (Å²) in [5, 5.41) is 2.53. The lowest BCUT2D eigenvalue weighted by Crippen LogP contribution is -2.17. The van der Waals surface area contributed by atoms with Crippen LogP contribution >= 0.6 is 24.0 Å². The second kappa shape index (κ2) is 6.94. The maximum atomic E-state index is 13.5. The molecule has 0 saturated carbocycles. The van der Waals surface area contributed by atoms with Gasteiger partial charge in [-0.05, 0) is 35.9 Å². The maximum absolute atomic E-state index is 13.5. The Hall–Kier alpha value is -2.51. The number of thiocarbonyl (C=S) groups is 1. The van der Waals surface area contributed by atoms with Crippen molar-refractivity contribution in [1.82, 2.24) is 5.32 Å². The summed E-state index contributed by atoms with van der Waals surface area (Å²) < 4.78 is 19.1. The van der Waals surface area contributed by atoms with E-state index in [0.717, 1.165) is 5.56 Å². The molecule has 1 heterocycles. The van der Waals surface area contributed by atoms with Crippen molar-refractivity contribution in [2.24, 2.45) is 0 Å². The van der Waals surface area contributed by atoms with Gasteiger partial charge in [0, 0.05) is 0 Å². The molecule has 0 unspecified atom stereocenters. The molecule has 2 aromatic rings. The van der Waals surface area contributed by atoms with Crippen LogP contribution in [0.15, 0.2) is 53.4 Å². The van der Waals surface area contributed by atoms with E-state index in [0.29, 0.717) is 9.23 Å². The van der Waals surface area contributed by atoms with Crippen LogP contribution in [0.4, 0.5) is 4.39 Å². The number of rotatable bonds is 3. The Morgan fingerprint density at radius 3 is 2.50 bits per heavy atom. The van der Waals surface area contributed by atoms with Gasteiger partial charge >= 0.3 is 5.97 Å². The van der Waals surface area contributed by atoms with Crippen LogP contribution in [0.25, 0.3) is 6.08 Å². The number of thioether (sulfide) groups is 1. The molecule has 7 heteroatoms. The zero-order chi connectivity index (χ0) is 17.1. The first-order chi connectivity index (χ1) is 11.5. The molecule has 1 saturated heterocycles. The minimum Gasteiger partial charge on any atom is -0.423 e. The van der Waals surface area contributed by atoms with E-state index in [9.17, 15) is 14.0 Å². The summed E-state index contributed by atoms with van der Waals surface area (Å²) in [4.78, 5) is 24.0. The molecule has 0 radical (unpaired) electrons. The van der Waals surface area contributed by atoms with Crippen LogP contribution in [0, 0.1) is 5.82 Å². The van der Waals surface area contributed by atoms with Gasteiger partial charge in [-0.1, -0.05) is 48.2 Å². The van der Waals surface area contributed by atoms with Gasteiger partial charge in [-0.15, -0.1) is 0 Å². The SMILES string of the molecule is O=C1NC(=S)S/C1=C\c1ccc(OC(=O)c2ccccc2F)cc1. The smallest absolute Gasteiger partial charge is 0.346 e. The largest absolute Gasteiger partial charge is 0.423 e. The van der Waals surface area contributed by atoms with Crippen LogP contribution in [-0.2, 0) is 4.79 Å². The summed E-state index contributed by atoms with van der Waals surface area (Å²) >= 11 is 6.10. The molecule has 1 fully saturated rings. The van der Waals surface area contributed by atoms with E-state index in [1.165, 1.54) is 30.0 Å². The minimum atomic E-state index is -0.768. The lowest BCUT2D eigenvalue weighted by atomic mass is 10.2. The fourth-order valence-corrected chi connectivity index (χ4v) is 3.04. The van der Waals surface area contributed by atoms with Gasteiger partial charge in [-0.3, -0.25) is 4.79 Å². The quantitative estimate of drug-likeness (QED) is 0.393. The molecule has 1 aliphatic rings. The normalized spacial score (nSPS) is 15.5. The van der Waals surface area contributed by atoms with Crippen molar-refractivity contribution in [3.8, 4) is 5.75 Å². The first kappa shape index (κ1) is 16.4. The molecule has 120 valence electrons. The fraction of sp³-hybridized carbons (Fsp3) is 0. The number of benzene rings is 2. The summed E-state index contributed by atoms with van der Waals surface area (Å²) in [6.45, 7) is 0. The predicted octanol–water partition coefficient (Wildman–Crippen LogP) is 3.53. The van der Waals surface area contributed by atoms with Gasteiger partial charge in [0.1, 0.15) is 15.9 Å². The van der Waals surface area contributed by atoms with Gasteiger partial charge in [0.15, 0.2) is 0 Å². The zero-order valence-electron chi connectivity index (χ0n) is 12.1. The van der Waals surface area contributed by atoms with Gasteiger partial charge in [0.25, 0.3) is 5.91 Å². The van der Waals surface area contributed by atoms with Crippen LogP contribution in [0.2, 0.25) is 0 Å². The molecule has 24 heavy (non-hydrogen) atoms. The molecule has 2 aromatic carbocycles. The van der Waals surface area contributed by atoms with Gasteiger partial charge in [-0.25, -0.2) is 9.18 Å². The second-order valence-corrected chi connectivity index (χ2v) is 6.51.